The van der Waals surface area contributed by atoms with Gasteiger partial charge in [0, 0.05) is 5.92 Å². The number of hydrogen-bond acceptors (Lipinski definition) is 7. The third-order valence-electron chi connectivity index (χ3n) is 4.79. The molecule has 1 aliphatic carbocycles. The molecule has 1 aromatic rings. The lowest BCUT2D eigenvalue weighted by Gasteiger charge is -2.30. The Labute approximate surface area is 164 Å². The van der Waals surface area contributed by atoms with E-state index in [9.17, 15) is 18.0 Å². The van der Waals surface area contributed by atoms with Crippen LogP contribution in [0, 0.1) is 23.2 Å². The van der Waals surface area contributed by atoms with Crippen molar-refractivity contribution >= 4 is 21.7 Å². The molecule has 0 aromatic heterocycles. The molecule has 1 amide bonds. The van der Waals surface area contributed by atoms with Crippen LogP contribution in [0.15, 0.2) is 29.2 Å². The normalized spacial score (nSPS) is 19.3. The number of rotatable bonds is 8. The molecule has 1 aliphatic rings. The number of nitriles is 1. The Morgan fingerprint density at radius 3 is 2.54 bits per heavy atom. The van der Waals surface area contributed by atoms with Crippen molar-refractivity contribution in [3.63, 3.8) is 0 Å². The number of esters is 1. The first-order valence-electron chi connectivity index (χ1n) is 9.04. The predicted molar refractivity (Wildman–Crippen MR) is 100 cm³/mol. The Morgan fingerprint density at radius 2 is 1.89 bits per heavy atom. The van der Waals surface area contributed by atoms with Crippen molar-refractivity contribution < 1.29 is 27.5 Å². The summed E-state index contributed by atoms with van der Waals surface area (Å²) < 4.78 is 35.3. The van der Waals surface area contributed by atoms with Gasteiger partial charge in [-0.3, -0.25) is 4.79 Å². The van der Waals surface area contributed by atoms with Crippen LogP contribution < -0.4 is 10.1 Å². The summed E-state index contributed by atoms with van der Waals surface area (Å²) in [6.07, 6.45) is 3.03. The number of benzene rings is 1. The van der Waals surface area contributed by atoms with Gasteiger partial charge in [-0.25, -0.2) is 13.2 Å². The highest BCUT2D eigenvalue weighted by molar-refractivity contribution is 7.91. The van der Waals surface area contributed by atoms with Gasteiger partial charge in [-0.05, 0) is 43.0 Å². The fraction of sp³-hybridized carbons (Fsp3) is 0.526. The molecule has 1 N–H and O–H groups in total. The fourth-order valence-corrected chi connectivity index (χ4v) is 5.04. The van der Waals surface area contributed by atoms with Crippen LogP contribution in [0.3, 0.4) is 0 Å². The minimum Gasteiger partial charge on any atom is -0.482 e. The number of ether oxygens (including phenoxy) is 2. The lowest BCUT2D eigenvalue weighted by Crippen LogP contribution is -2.39. The predicted octanol–water partition coefficient (Wildman–Crippen LogP) is 1.46. The third kappa shape index (κ3) is 5.96. The maximum absolute atomic E-state index is 12.8. The van der Waals surface area contributed by atoms with Gasteiger partial charge in [0.05, 0.1) is 23.8 Å². The highest BCUT2D eigenvalue weighted by atomic mass is 32.2. The minimum atomic E-state index is -3.59. The topological polar surface area (TPSA) is 123 Å². The number of nitrogens with zero attached hydrogens (tertiary/aromatic N) is 1. The first kappa shape index (κ1) is 21.7. The molecule has 28 heavy (non-hydrogen) atoms. The molecule has 0 bridgehead atoms. The maximum atomic E-state index is 12.8. The summed E-state index contributed by atoms with van der Waals surface area (Å²) in [7, 11) is -2.34. The average molecular weight is 408 g/mol. The van der Waals surface area contributed by atoms with Crippen LogP contribution in [0.4, 0.5) is 0 Å². The average Bonchev–Trinajstić information content (AvgIpc) is 2.70. The Hall–Kier alpha value is -2.60. The Balaban J connectivity index is 2.05. The van der Waals surface area contributed by atoms with E-state index >= 15 is 0 Å². The van der Waals surface area contributed by atoms with Crippen molar-refractivity contribution in [2.75, 3.05) is 26.0 Å². The zero-order chi connectivity index (χ0) is 20.6. The molecule has 152 valence electrons. The van der Waals surface area contributed by atoms with Gasteiger partial charge in [0.1, 0.15) is 12.3 Å². The van der Waals surface area contributed by atoms with Gasteiger partial charge in [0.2, 0.25) is 5.91 Å². The molecule has 0 unspecified atom stereocenters. The van der Waals surface area contributed by atoms with Crippen LogP contribution in [0.2, 0.25) is 0 Å². The monoisotopic (exact) mass is 408 g/mol. The number of hydrogen-bond donors (Lipinski definition) is 1. The van der Waals surface area contributed by atoms with Crippen molar-refractivity contribution in [3.8, 4) is 11.8 Å². The van der Waals surface area contributed by atoms with Crippen molar-refractivity contribution in [3.05, 3.63) is 24.3 Å². The molecule has 0 radical (unpaired) electrons. The first-order chi connectivity index (χ1) is 13.4. The van der Waals surface area contributed by atoms with Crippen LogP contribution in [-0.4, -0.2) is 46.3 Å². The van der Waals surface area contributed by atoms with Gasteiger partial charge < -0.3 is 14.8 Å². The summed E-state index contributed by atoms with van der Waals surface area (Å²) in [6.45, 7) is -0.341. The van der Waals surface area contributed by atoms with Crippen LogP contribution >= 0.6 is 0 Å². The van der Waals surface area contributed by atoms with Crippen LogP contribution in [-0.2, 0) is 24.2 Å². The number of nitrogens with one attached hydrogen (secondary N) is 1. The van der Waals surface area contributed by atoms with E-state index in [4.69, 9.17) is 10.00 Å². The molecular formula is C19H24N2O6S. The zero-order valence-electron chi connectivity index (χ0n) is 15.7. The van der Waals surface area contributed by atoms with Crippen LogP contribution in [0.25, 0.3) is 0 Å². The Morgan fingerprint density at radius 1 is 1.21 bits per heavy atom. The second kappa shape index (κ2) is 10.1. The molecule has 2 rings (SSSR count). The summed E-state index contributed by atoms with van der Waals surface area (Å²) >= 11 is 0. The quantitative estimate of drug-likeness (QED) is 0.510. The van der Waals surface area contributed by atoms with E-state index in [1.807, 2.05) is 6.07 Å². The molecule has 0 heterocycles. The number of carbonyl (C=O) groups excluding carboxylic acids is 2. The Kier molecular flexibility index (Phi) is 7.81. The van der Waals surface area contributed by atoms with Crippen LogP contribution in [0.1, 0.15) is 25.7 Å². The Bertz CT molecular complexity index is 829. The van der Waals surface area contributed by atoms with Crippen molar-refractivity contribution in [2.45, 2.75) is 30.6 Å². The fourth-order valence-electron chi connectivity index (χ4n) is 3.33. The van der Waals surface area contributed by atoms with Gasteiger partial charge in [0.25, 0.3) is 0 Å². The molecule has 0 aliphatic heterocycles. The largest absolute Gasteiger partial charge is 0.482 e. The molecule has 1 fully saturated rings. The van der Waals surface area contributed by atoms with Gasteiger partial charge in [0.15, 0.2) is 16.4 Å². The number of carbonyl (C=O) groups is 2. The lowest BCUT2D eigenvalue weighted by molar-refractivity contribution is -0.142. The molecule has 1 aromatic carbocycles. The smallest absolute Gasteiger partial charge is 0.343 e. The summed E-state index contributed by atoms with van der Waals surface area (Å²) in [6, 6.07) is 7.67. The van der Waals surface area contributed by atoms with Gasteiger partial charge in [-0.2, -0.15) is 5.26 Å². The van der Waals surface area contributed by atoms with Crippen molar-refractivity contribution in [2.24, 2.45) is 11.8 Å². The highest BCUT2D eigenvalue weighted by Crippen LogP contribution is 2.33. The summed E-state index contributed by atoms with van der Waals surface area (Å²) in [5.74, 6) is -1.24. The maximum Gasteiger partial charge on any atom is 0.343 e. The molecular weight excluding hydrogens is 384 g/mol. The SMILES string of the molecule is COC(=O)COc1ccc(S(=O)(=O)C[C@@H]2CCCC[C@H]2C(=O)NCC#N)cc1. The van der Waals surface area contributed by atoms with Gasteiger partial charge in [-0.1, -0.05) is 12.8 Å². The highest BCUT2D eigenvalue weighted by Gasteiger charge is 2.34. The number of amides is 1. The number of methoxy groups -OCH3 is 1. The summed E-state index contributed by atoms with van der Waals surface area (Å²) in [5.41, 5.74) is 0. The van der Waals surface area contributed by atoms with E-state index < -0.39 is 21.7 Å². The minimum absolute atomic E-state index is 0.0815. The molecule has 8 nitrogen and oxygen atoms in total. The molecule has 1 saturated carbocycles. The summed E-state index contributed by atoms with van der Waals surface area (Å²) in [4.78, 5) is 23.5. The van der Waals surface area contributed by atoms with E-state index in [1.54, 1.807) is 0 Å². The van der Waals surface area contributed by atoms with Crippen LogP contribution in [0.5, 0.6) is 5.75 Å². The van der Waals surface area contributed by atoms with E-state index in [-0.39, 0.29) is 35.6 Å². The van der Waals surface area contributed by atoms with Crippen molar-refractivity contribution in [1.29, 1.82) is 5.26 Å². The van der Waals surface area contributed by atoms with E-state index in [2.05, 4.69) is 10.1 Å². The second-order valence-corrected chi connectivity index (χ2v) is 8.68. The first-order valence-corrected chi connectivity index (χ1v) is 10.7. The van der Waals surface area contributed by atoms with E-state index in [1.165, 1.54) is 31.4 Å². The van der Waals surface area contributed by atoms with E-state index in [0.29, 0.717) is 18.6 Å². The van der Waals surface area contributed by atoms with E-state index in [0.717, 1.165) is 12.8 Å². The molecule has 0 saturated heterocycles. The lowest BCUT2D eigenvalue weighted by atomic mass is 9.80. The molecule has 9 heteroatoms. The summed E-state index contributed by atoms with van der Waals surface area (Å²) in [5, 5.41) is 11.2. The van der Waals surface area contributed by atoms with Gasteiger partial charge >= 0.3 is 5.97 Å². The molecule has 2 atom stereocenters. The van der Waals surface area contributed by atoms with Crippen molar-refractivity contribution in [1.82, 2.24) is 5.32 Å². The standard InChI is InChI=1S/C19H24N2O6S/c1-26-18(22)12-27-15-6-8-16(9-7-15)28(24,25)13-14-4-2-3-5-17(14)19(23)21-11-10-20/h6-9,14,17H,2-5,11-13H2,1H3,(H,21,23)/t14-,17+/m0/s1. The number of sulfone groups is 1. The zero-order valence-corrected chi connectivity index (χ0v) is 16.5. The third-order valence-corrected chi connectivity index (χ3v) is 6.65. The second-order valence-electron chi connectivity index (χ2n) is 6.64. The van der Waals surface area contributed by atoms with Gasteiger partial charge in [-0.15, -0.1) is 0 Å². The molecule has 0 spiro atoms.